The Morgan fingerprint density at radius 3 is 2.12 bits per heavy atom. The Hall–Kier alpha value is -7.20. The van der Waals surface area contributed by atoms with E-state index in [0.717, 1.165) is 103 Å². The van der Waals surface area contributed by atoms with Gasteiger partial charge in [0.15, 0.2) is 5.82 Å². The number of benzene rings is 3. The maximum absolute atomic E-state index is 15.8. The molecule has 4 aliphatic rings. The van der Waals surface area contributed by atoms with E-state index in [9.17, 15) is 32.0 Å². The topological polar surface area (TPSA) is 196 Å². The maximum atomic E-state index is 15.8. The molecule has 0 unspecified atom stereocenters. The van der Waals surface area contributed by atoms with Crippen molar-refractivity contribution in [3.8, 4) is 22.3 Å². The summed E-state index contributed by atoms with van der Waals surface area (Å²) in [6.07, 6.45) is 8.41. The van der Waals surface area contributed by atoms with E-state index in [-0.39, 0.29) is 48.8 Å². The molecule has 7 heterocycles. The average molecular weight is 1130 g/mol. The Bertz CT molecular complexity index is 3370. The molecule has 3 aromatic carbocycles. The first-order valence-corrected chi connectivity index (χ1v) is 29.4. The van der Waals surface area contributed by atoms with Gasteiger partial charge in [0.25, 0.3) is 0 Å². The number of hydrogen-bond donors (Lipinski definition) is 4. The molecule has 4 saturated heterocycles. The number of carbonyl (C=O) groups is 4. The molecule has 0 bridgehead atoms. The molecule has 0 radical (unpaired) electrons. The maximum Gasteiger partial charge on any atom is 0.301 e. The number of piperazine rings is 1. The van der Waals surface area contributed by atoms with Crippen molar-refractivity contribution in [3.63, 3.8) is 0 Å². The zero-order valence-corrected chi connectivity index (χ0v) is 47.0. The van der Waals surface area contributed by atoms with Gasteiger partial charge in [-0.15, -0.1) is 0 Å². The molecule has 4 aliphatic heterocycles. The third-order valence-electron chi connectivity index (χ3n) is 16.3. The number of alkyl halides is 1. The number of rotatable bonds is 17. The predicted octanol–water partition coefficient (Wildman–Crippen LogP) is 7.73. The number of halogens is 3. The molecule has 4 atom stereocenters. The number of likely N-dealkylation sites (tertiary alicyclic amines) is 1. The summed E-state index contributed by atoms with van der Waals surface area (Å²) >= 11 is 0. The predicted molar refractivity (Wildman–Crippen MR) is 305 cm³/mol. The first-order valence-electron chi connectivity index (χ1n) is 27.9. The van der Waals surface area contributed by atoms with Crippen LogP contribution in [0.2, 0.25) is 0 Å². The fraction of sp³-hybridized carbons (Fsp3) is 0.433. The fourth-order valence-electron chi connectivity index (χ4n) is 11.6. The largest absolute Gasteiger partial charge is 0.372 e. The lowest BCUT2D eigenvalue weighted by molar-refractivity contribution is -0.144. The number of fused-ring (bicyclic) bond motifs is 1. The highest BCUT2D eigenvalue weighted by Gasteiger charge is 2.42. The van der Waals surface area contributed by atoms with Crippen molar-refractivity contribution in [1.29, 1.82) is 0 Å². The number of piperidine rings is 1. The summed E-state index contributed by atoms with van der Waals surface area (Å²) in [4.78, 5) is 75.6. The number of anilines is 2. The molecule has 4 N–H and O–H groups in total. The third kappa shape index (κ3) is 13.0. The summed E-state index contributed by atoms with van der Waals surface area (Å²) in [5, 5.41) is 6.54. The van der Waals surface area contributed by atoms with Crippen LogP contribution in [0.15, 0.2) is 104 Å². The van der Waals surface area contributed by atoms with E-state index in [0.29, 0.717) is 41.9 Å². The summed E-state index contributed by atoms with van der Waals surface area (Å²) in [6.45, 7) is 13.8. The van der Waals surface area contributed by atoms with Gasteiger partial charge < -0.3 is 30.3 Å². The smallest absolute Gasteiger partial charge is 0.301 e. The number of hydrogen-bond acceptors (Lipinski definition) is 11. The van der Waals surface area contributed by atoms with E-state index in [4.69, 9.17) is 0 Å². The highest BCUT2D eigenvalue weighted by atomic mass is 32.2. The summed E-state index contributed by atoms with van der Waals surface area (Å²) in [5.74, 6) is -3.70. The van der Waals surface area contributed by atoms with Gasteiger partial charge in [0.1, 0.15) is 29.7 Å². The first-order chi connectivity index (χ1) is 38.8. The van der Waals surface area contributed by atoms with Crippen LogP contribution in [0, 0.1) is 23.0 Å². The standard InChI is InChI=1S/C60H70F3N11O6S/c1-38(40-7-9-41(10-8-40)43-17-22-64-23-18-43)67-58(77)51-6-5-24-74(51)59(78)56(60(2,3)4)68-52(75)37-71-30-28-70(29-31-71)35-39-19-25-72(26-20-39)46-13-11-42(12-14-46)44-32-47-48(34-66-57(47)65-33-44)55(76)53-49(62)15-16-50(54(53)63)69-81(79,80)73-27-21-45(61)36-73/h7-18,22-23,32-34,38-39,45,51,56,69H,5-6,19-21,24-31,35-37H2,1-4H3,(H,65,66)(H,67,77)(H,68,75)/t38-,45+,51-,56+/m0/s1. The van der Waals surface area contributed by atoms with Gasteiger partial charge in [0.05, 0.1) is 23.8 Å². The second-order valence-corrected chi connectivity index (χ2v) is 24.7. The number of nitrogens with one attached hydrogen (secondary N) is 4. The second-order valence-electron chi connectivity index (χ2n) is 23.0. The summed E-state index contributed by atoms with van der Waals surface area (Å²) in [5.41, 5.74) is 3.73. The van der Waals surface area contributed by atoms with Crippen LogP contribution in [0.1, 0.15) is 87.3 Å². The Morgan fingerprint density at radius 2 is 1.44 bits per heavy atom. The van der Waals surface area contributed by atoms with Gasteiger partial charge in [0, 0.05) is 112 Å². The lowest BCUT2D eigenvalue weighted by Gasteiger charge is -2.39. The van der Waals surface area contributed by atoms with E-state index >= 15 is 8.78 Å². The molecule has 428 valence electrons. The Morgan fingerprint density at radius 1 is 0.778 bits per heavy atom. The number of nitrogens with zero attached hydrogens (tertiary/aromatic N) is 7. The van der Waals surface area contributed by atoms with Crippen LogP contribution in [0.5, 0.6) is 0 Å². The van der Waals surface area contributed by atoms with Crippen molar-refractivity contribution in [2.75, 3.05) is 81.6 Å². The molecule has 6 aromatic rings. The van der Waals surface area contributed by atoms with Crippen molar-refractivity contribution < 1.29 is 40.8 Å². The van der Waals surface area contributed by atoms with Crippen molar-refractivity contribution >= 4 is 56.1 Å². The van der Waals surface area contributed by atoms with Crippen molar-refractivity contribution in [3.05, 3.63) is 132 Å². The number of ketones is 1. The van der Waals surface area contributed by atoms with E-state index in [2.05, 4.69) is 40.3 Å². The van der Waals surface area contributed by atoms with Crippen molar-refractivity contribution in [1.82, 2.24) is 44.6 Å². The second kappa shape index (κ2) is 24.1. The summed E-state index contributed by atoms with van der Waals surface area (Å²) in [6, 6.07) is 21.7. The minimum absolute atomic E-state index is 0.00186. The van der Waals surface area contributed by atoms with E-state index in [1.54, 1.807) is 29.6 Å². The molecule has 3 amide bonds. The highest BCUT2D eigenvalue weighted by molar-refractivity contribution is 7.90. The van der Waals surface area contributed by atoms with Crippen LogP contribution in [0.3, 0.4) is 0 Å². The number of carbonyl (C=O) groups excluding carboxylic acids is 4. The van der Waals surface area contributed by atoms with E-state index in [1.165, 1.54) is 6.20 Å². The van der Waals surface area contributed by atoms with Crippen molar-refractivity contribution in [2.45, 2.75) is 84.1 Å². The number of amides is 3. The van der Waals surface area contributed by atoms with E-state index < -0.39 is 69.1 Å². The minimum Gasteiger partial charge on any atom is -0.372 e. The van der Waals surface area contributed by atoms with Gasteiger partial charge in [-0.2, -0.15) is 12.7 Å². The SMILES string of the molecule is C[C@H](NC(=O)[C@@H]1CCCN1C(=O)[C@@H](NC(=O)CN1CCN(CC2CCN(c3ccc(-c4cnc5[nH]cc(C(=O)c6c(F)ccc(NS(=O)(=O)N7CC[C@@H](F)C7)c6F)c5c4)cc3)CC2)CC1)C(C)(C)C)c1ccc(-c2ccncc2)cc1. The third-order valence-corrected chi connectivity index (χ3v) is 17.8. The number of aromatic nitrogens is 3. The Labute approximate surface area is 470 Å². The molecule has 3 aromatic heterocycles. The van der Waals surface area contributed by atoms with E-state index in [1.807, 2.05) is 93.1 Å². The molecule has 0 spiro atoms. The molecule has 81 heavy (non-hydrogen) atoms. The molecule has 4 fully saturated rings. The van der Waals surface area contributed by atoms with Gasteiger partial charge in [0.2, 0.25) is 23.5 Å². The lowest BCUT2D eigenvalue weighted by atomic mass is 9.85. The quantitative estimate of drug-likeness (QED) is 0.0653. The Kier molecular flexibility index (Phi) is 17.0. The molecular weight excluding hydrogens is 1060 g/mol. The summed E-state index contributed by atoms with van der Waals surface area (Å²) < 4.78 is 73.4. The number of H-pyrrole nitrogens is 1. The molecule has 17 nitrogen and oxygen atoms in total. The van der Waals surface area contributed by atoms with Crippen molar-refractivity contribution in [2.24, 2.45) is 11.3 Å². The average Bonchev–Trinajstić information content (AvgIpc) is 4.49. The van der Waals surface area contributed by atoms with Crippen LogP contribution in [0.4, 0.5) is 24.5 Å². The molecule has 0 saturated carbocycles. The fourth-order valence-corrected chi connectivity index (χ4v) is 12.9. The van der Waals surface area contributed by atoms with Gasteiger partial charge >= 0.3 is 10.2 Å². The zero-order valence-electron chi connectivity index (χ0n) is 46.1. The van der Waals surface area contributed by atoms with Gasteiger partial charge in [-0.25, -0.2) is 18.2 Å². The molecular formula is C60H70F3N11O6S. The normalized spacial score (nSPS) is 19.6. The van der Waals surface area contributed by atoms with Crippen LogP contribution in [-0.4, -0.2) is 156 Å². The number of aromatic amines is 1. The Balaban J connectivity index is 0.677. The van der Waals surface area contributed by atoms with Crippen LogP contribution < -0.4 is 20.3 Å². The molecule has 21 heteroatoms. The van der Waals surface area contributed by atoms with Crippen LogP contribution >= 0.6 is 0 Å². The molecule has 10 rings (SSSR count). The first kappa shape index (κ1) is 57.1. The minimum atomic E-state index is -4.37. The van der Waals surface area contributed by atoms with Gasteiger partial charge in [-0.1, -0.05) is 57.2 Å². The van der Waals surface area contributed by atoms with Gasteiger partial charge in [-0.05, 0) is 115 Å². The lowest BCUT2D eigenvalue weighted by Crippen LogP contribution is -2.59. The number of pyridine rings is 2. The highest BCUT2D eigenvalue weighted by Crippen LogP contribution is 2.33. The van der Waals surface area contributed by atoms with Crippen LogP contribution in [-0.2, 0) is 24.6 Å². The monoisotopic (exact) mass is 1130 g/mol. The summed E-state index contributed by atoms with van der Waals surface area (Å²) in [7, 11) is -4.37. The molecule has 0 aliphatic carbocycles. The van der Waals surface area contributed by atoms with Gasteiger partial charge in [-0.3, -0.25) is 33.8 Å². The van der Waals surface area contributed by atoms with Crippen LogP contribution in [0.25, 0.3) is 33.3 Å². The zero-order chi connectivity index (χ0) is 57.2.